The summed E-state index contributed by atoms with van der Waals surface area (Å²) in [5.74, 6) is -0.807. The van der Waals surface area contributed by atoms with Gasteiger partial charge in [-0.05, 0) is 6.92 Å². The molecule has 0 aliphatic carbocycles. The molecule has 0 aliphatic rings. The minimum Gasteiger partial charge on any atom is -0.258 e. The molecule has 1 aromatic rings. The lowest BCUT2D eigenvalue weighted by molar-refractivity contribution is 0.943. The molecule has 1 rings (SSSR count). The SMILES string of the molecule is Cc1nccnc1C(C#N)C#N. The van der Waals surface area contributed by atoms with E-state index < -0.39 is 5.92 Å². The summed E-state index contributed by atoms with van der Waals surface area (Å²) >= 11 is 0. The highest BCUT2D eigenvalue weighted by Crippen LogP contribution is 2.12. The Labute approximate surface area is 70.1 Å². The minimum absolute atomic E-state index is 0.447. The first kappa shape index (κ1) is 8.16. The molecule has 0 saturated heterocycles. The number of nitrogens with zero attached hydrogens (tertiary/aromatic N) is 4. The van der Waals surface area contributed by atoms with Crippen LogP contribution in [0.15, 0.2) is 12.4 Å². The molecule has 0 amide bonds. The van der Waals surface area contributed by atoms with Gasteiger partial charge in [0.05, 0.1) is 23.5 Å². The molecule has 0 atom stereocenters. The van der Waals surface area contributed by atoms with Gasteiger partial charge in [-0.15, -0.1) is 0 Å². The molecular weight excluding hydrogens is 152 g/mol. The van der Waals surface area contributed by atoms with Gasteiger partial charge in [-0.2, -0.15) is 10.5 Å². The quantitative estimate of drug-likeness (QED) is 0.609. The Morgan fingerprint density at radius 1 is 1.25 bits per heavy atom. The van der Waals surface area contributed by atoms with E-state index in [0.717, 1.165) is 0 Å². The number of aromatic nitrogens is 2. The van der Waals surface area contributed by atoms with Crippen molar-refractivity contribution in [2.45, 2.75) is 12.8 Å². The molecular formula is C8H6N4. The number of rotatable bonds is 1. The van der Waals surface area contributed by atoms with Gasteiger partial charge in [0.1, 0.15) is 0 Å². The van der Waals surface area contributed by atoms with Crippen LogP contribution in [0.1, 0.15) is 17.3 Å². The van der Waals surface area contributed by atoms with Crippen LogP contribution in [0.25, 0.3) is 0 Å². The number of nitriles is 2. The number of hydrogen-bond donors (Lipinski definition) is 0. The van der Waals surface area contributed by atoms with Crippen LogP contribution in [0.5, 0.6) is 0 Å². The molecule has 1 heterocycles. The van der Waals surface area contributed by atoms with E-state index in [4.69, 9.17) is 10.5 Å². The molecule has 1 aromatic heterocycles. The van der Waals surface area contributed by atoms with Crippen molar-refractivity contribution < 1.29 is 0 Å². The molecule has 0 aliphatic heterocycles. The van der Waals surface area contributed by atoms with E-state index in [1.54, 1.807) is 6.92 Å². The van der Waals surface area contributed by atoms with Gasteiger partial charge in [-0.25, -0.2) is 0 Å². The van der Waals surface area contributed by atoms with Crippen LogP contribution >= 0.6 is 0 Å². The summed E-state index contributed by atoms with van der Waals surface area (Å²) in [5.41, 5.74) is 1.08. The fourth-order valence-electron chi connectivity index (χ4n) is 0.853. The highest BCUT2D eigenvalue weighted by Gasteiger charge is 2.13. The van der Waals surface area contributed by atoms with Gasteiger partial charge < -0.3 is 0 Å². The molecule has 0 spiro atoms. The highest BCUT2D eigenvalue weighted by molar-refractivity contribution is 5.27. The van der Waals surface area contributed by atoms with E-state index in [1.807, 2.05) is 12.1 Å². The summed E-state index contributed by atoms with van der Waals surface area (Å²) in [6, 6.07) is 3.69. The minimum atomic E-state index is -0.807. The molecule has 0 unspecified atom stereocenters. The molecule has 58 valence electrons. The third-order valence-electron chi connectivity index (χ3n) is 1.45. The first-order valence-corrected chi connectivity index (χ1v) is 3.36. The van der Waals surface area contributed by atoms with Crippen molar-refractivity contribution in [3.63, 3.8) is 0 Å². The maximum absolute atomic E-state index is 8.56. The number of hydrogen-bond acceptors (Lipinski definition) is 4. The summed E-state index contributed by atoms with van der Waals surface area (Å²) < 4.78 is 0. The maximum Gasteiger partial charge on any atom is 0.176 e. The molecule has 12 heavy (non-hydrogen) atoms. The Morgan fingerprint density at radius 2 is 1.83 bits per heavy atom. The smallest absolute Gasteiger partial charge is 0.176 e. The van der Waals surface area contributed by atoms with Crippen LogP contribution in [0.4, 0.5) is 0 Å². The monoisotopic (exact) mass is 158 g/mol. The average molecular weight is 158 g/mol. The van der Waals surface area contributed by atoms with Crippen molar-refractivity contribution in [1.29, 1.82) is 10.5 Å². The van der Waals surface area contributed by atoms with Crippen LogP contribution in [-0.2, 0) is 0 Å². The zero-order valence-corrected chi connectivity index (χ0v) is 6.52. The Kier molecular flexibility index (Phi) is 2.35. The lowest BCUT2D eigenvalue weighted by Crippen LogP contribution is -2.00. The van der Waals surface area contributed by atoms with E-state index in [0.29, 0.717) is 11.4 Å². The van der Waals surface area contributed by atoms with Gasteiger partial charge in [0.25, 0.3) is 0 Å². The van der Waals surface area contributed by atoms with Crippen molar-refractivity contribution in [3.05, 3.63) is 23.8 Å². The second-order valence-electron chi connectivity index (χ2n) is 2.22. The first-order valence-electron chi connectivity index (χ1n) is 3.36. The van der Waals surface area contributed by atoms with Gasteiger partial charge in [0.2, 0.25) is 0 Å². The third-order valence-corrected chi connectivity index (χ3v) is 1.45. The molecule has 0 saturated carbocycles. The number of aryl methyl sites for hydroxylation is 1. The maximum atomic E-state index is 8.56. The van der Waals surface area contributed by atoms with E-state index in [-0.39, 0.29) is 0 Å². The standard InChI is InChI=1S/C8H6N4/c1-6-8(7(4-9)5-10)12-3-2-11-6/h2-3,7H,1H3. The molecule has 4 heteroatoms. The Morgan fingerprint density at radius 3 is 2.33 bits per heavy atom. The molecule has 0 bridgehead atoms. The van der Waals surface area contributed by atoms with E-state index in [9.17, 15) is 0 Å². The molecule has 4 nitrogen and oxygen atoms in total. The Bertz CT molecular complexity index is 344. The second-order valence-corrected chi connectivity index (χ2v) is 2.22. The summed E-state index contributed by atoms with van der Waals surface area (Å²) in [6.45, 7) is 1.73. The molecule has 0 fully saturated rings. The van der Waals surface area contributed by atoms with E-state index in [2.05, 4.69) is 9.97 Å². The summed E-state index contributed by atoms with van der Waals surface area (Å²) in [5, 5.41) is 17.1. The summed E-state index contributed by atoms with van der Waals surface area (Å²) in [7, 11) is 0. The Hall–Kier alpha value is -1.94. The van der Waals surface area contributed by atoms with Crippen molar-refractivity contribution in [3.8, 4) is 12.1 Å². The van der Waals surface area contributed by atoms with Gasteiger partial charge in [-0.1, -0.05) is 0 Å². The molecule has 0 radical (unpaired) electrons. The highest BCUT2D eigenvalue weighted by atomic mass is 14.8. The summed E-state index contributed by atoms with van der Waals surface area (Å²) in [4.78, 5) is 7.84. The third kappa shape index (κ3) is 1.38. The fourth-order valence-corrected chi connectivity index (χ4v) is 0.853. The van der Waals surface area contributed by atoms with Crippen LogP contribution in [0, 0.1) is 29.6 Å². The summed E-state index contributed by atoms with van der Waals surface area (Å²) in [6.07, 6.45) is 3.01. The predicted molar refractivity (Wildman–Crippen MR) is 40.7 cm³/mol. The lowest BCUT2D eigenvalue weighted by Gasteiger charge is -2.00. The Balaban J connectivity index is 3.13. The van der Waals surface area contributed by atoms with Crippen LogP contribution in [0.2, 0.25) is 0 Å². The molecule has 0 aromatic carbocycles. The van der Waals surface area contributed by atoms with Crippen molar-refractivity contribution in [2.75, 3.05) is 0 Å². The van der Waals surface area contributed by atoms with E-state index in [1.165, 1.54) is 12.4 Å². The average Bonchev–Trinajstić information content (AvgIpc) is 2.10. The van der Waals surface area contributed by atoms with Gasteiger partial charge in [0.15, 0.2) is 5.92 Å². The normalized spacial score (nSPS) is 9.00. The van der Waals surface area contributed by atoms with Gasteiger partial charge >= 0.3 is 0 Å². The zero-order chi connectivity index (χ0) is 8.97. The van der Waals surface area contributed by atoms with Crippen molar-refractivity contribution in [1.82, 2.24) is 9.97 Å². The van der Waals surface area contributed by atoms with Crippen LogP contribution < -0.4 is 0 Å². The first-order chi connectivity index (χ1) is 5.79. The largest absolute Gasteiger partial charge is 0.258 e. The van der Waals surface area contributed by atoms with Crippen molar-refractivity contribution >= 4 is 0 Å². The van der Waals surface area contributed by atoms with Crippen molar-refractivity contribution in [2.24, 2.45) is 0 Å². The zero-order valence-electron chi connectivity index (χ0n) is 6.52. The van der Waals surface area contributed by atoms with Crippen LogP contribution in [0.3, 0.4) is 0 Å². The fraction of sp³-hybridized carbons (Fsp3) is 0.250. The molecule has 0 N–H and O–H groups in total. The van der Waals surface area contributed by atoms with Gasteiger partial charge in [-0.3, -0.25) is 9.97 Å². The second kappa shape index (κ2) is 3.45. The topological polar surface area (TPSA) is 73.4 Å². The lowest BCUT2D eigenvalue weighted by atomic mass is 10.1. The van der Waals surface area contributed by atoms with Gasteiger partial charge in [0, 0.05) is 12.4 Å². The van der Waals surface area contributed by atoms with Crippen LogP contribution in [-0.4, -0.2) is 9.97 Å². The predicted octanol–water partition coefficient (Wildman–Crippen LogP) is 0.916. The van der Waals surface area contributed by atoms with E-state index >= 15 is 0 Å².